The molecule has 0 aliphatic carbocycles. The van der Waals surface area contributed by atoms with Gasteiger partial charge in [-0.05, 0) is 53.4 Å². The first-order chi connectivity index (χ1) is 9.77. The Morgan fingerprint density at radius 2 is 2.19 bits per heavy atom. The first-order valence-electron chi connectivity index (χ1n) is 6.66. The minimum Gasteiger partial charge on any atom is -0.405 e. The highest BCUT2D eigenvalue weighted by Gasteiger charge is 2.32. The van der Waals surface area contributed by atoms with Gasteiger partial charge in [-0.3, -0.25) is 0 Å². The van der Waals surface area contributed by atoms with Crippen LogP contribution in [0.25, 0.3) is 0 Å². The largest absolute Gasteiger partial charge is 0.573 e. The first kappa shape index (κ1) is 16.6. The van der Waals surface area contributed by atoms with E-state index in [0.29, 0.717) is 13.1 Å². The number of alkyl halides is 3. The molecule has 1 aromatic carbocycles. The summed E-state index contributed by atoms with van der Waals surface area (Å²) < 4.78 is 46.4. The lowest BCUT2D eigenvalue weighted by Gasteiger charge is -2.23. The number of hydrogen-bond acceptors (Lipinski definition) is 3. The molecule has 0 spiro atoms. The van der Waals surface area contributed by atoms with Gasteiger partial charge in [0.2, 0.25) is 0 Å². The first-order valence-corrected chi connectivity index (χ1v) is 7.46. The zero-order chi connectivity index (χ0) is 15.5. The number of halogens is 4. The van der Waals surface area contributed by atoms with Crippen LogP contribution >= 0.6 is 15.9 Å². The Morgan fingerprint density at radius 3 is 2.76 bits per heavy atom. The Morgan fingerprint density at radius 1 is 1.43 bits per heavy atom. The molecule has 0 aromatic heterocycles. The summed E-state index contributed by atoms with van der Waals surface area (Å²) in [7, 11) is 0. The van der Waals surface area contributed by atoms with E-state index in [1.54, 1.807) is 12.1 Å². The summed E-state index contributed by atoms with van der Waals surface area (Å²) in [5.74, 6) is -0.239. The van der Waals surface area contributed by atoms with E-state index in [9.17, 15) is 13.2 Å². The van der Waals surface area contributed by atoms with E-state index in [-0.39, 0.29) is 15.8 Å². The summed E-state index contributed by atoms with van der Waals surface area (Å²) in [6.45, 7) is 4.12. The molecule has 0 saturated carbocycles. The van der Waals surface area contributed by atoms with E-state index in [0.717, 1.165) is 25.0 Å². The van der Waals surface area contributed by atoms with Gasteiger partial charge >= 0.3 is 6.36 Å². The molecule has 118 valence electrons. The van der Waals surface area contributed by atoms with Gasteiger partial charge in [-0.1, -0.05) is 6.07 Å². The summed E-state index contributed by atoms with van der Waals surface area (Å²) in [6.07, 6.45) is -2.61. The van der Waals surface area contributed by atoms with Crippen molar-refractivity contribution in [1.29, 1.82) is 0 Å². The molecule has 1 atom stereocenters. The van der Waals surface area contributed by atoms with Crippen LogP contribution in [0.3, 0.4) is 0 Å². The van der Waals surface area contributed by atoms with Gasteiger partial charge in [-0.25, -0.2) is 0 Å². The lowest BCUT2D eigenvalue weighted by Crippen LogP contribution is -2.36. The van der Waals surface area contributed by atoms with E-state index >= 15 is 0 Å². The van der Waals surface area contributed by atoms with Gasteiger partial charge in [-0.15, -0.1) is 13.2 Å². The number of benzene rings is 1. The Hall–Kier alpha value is -0.790. The zero-order valence-corrected chi connectivity index (χ0v) is 13.2. The fourth-order valence-electron chi connectivity index (χ4n) is 2.31. The van der Waals surface area contributed by atoms with Crippen LogP contribution < -0.4 is 10.1 Å². The molecule has 1 aliphatic heterocycles. The average molecular weight is 368 g/mol. The van der Waals surface area contributed by atoms with Crippen LogP contribution in [-0.4, -0.2) is 25.1 Å². The standard InChI is InChI=1S/C14H17BrF3NO2/c1-13(5-2-6-20-13)9-19-8-10-3-4-12(11(15)7-10)21-14(16,17)18/h3-4,7,19H,2,5-6,8-9H2,1H3. The Bertz CT molecular complexity index is 488. The van der Waals surface area contributed by atoms with E-state index < -0.39 is 6.36 Å². The molecule has 1 aromatic rings. The fourth-order valence-corrected chi connectivity index (χ4v) is 2.82. The Kier molecular flexibility index (Phi) is 5.16. The minimum atomic E-state index is -4.68. The summed E-state index contributed by atoms with van der Waals surface area (Å²) >= 11 is 3.09. The second kappa shape index (κ2) is 6.54. The lowest BCUT2D eigenvalue weighted by atomic mass is 10.0. The summed E-state index contributed by atoms with van der Waals surface area (Å²) in [5.41, 5.74) is 0.731. The maximum absolute atomic E-state index is 12.2. The van der Waals surface area contributed by atoms with Gasteiger partial charge < -0.3 is 14.8 Å². The van der Waals surface area contributed by atoms with Gasteiger partial charge in [0, 0.05) is 19.7 Å². The van der Waals surface area contributed by atoms with E-state index in [1.807, 2.05) is 0 Å². The molecule has 1 saturated heterocycles. The van der Waals surface area contributed by atoms with Gasteiger partial charge in [0.15, 0.2) is 0 Å². The van der Waals surface area contributed by atoms with Crippen LogP contribution in [0, 0.1) is 0 Å². The third kappa shape index (κ3) is 5.16. The van der Waals surface area contributed by atoms with Crippen molar-refractivity contribution in [2.75, 3.05) is 13.2 Å². The monoisotopic (exact) mass is 367 g/mol. The normalized spacial score (nSPS) is 22.5. The van der Waals surface area contributed by atoms with Gasteiger partial charge in [0.25, 0.3) is 0 Å². The highest BCUT2D eigenvalue weighted by atomic mass is 79.9. The van der Waals surface area contributed by atoms with Crippen LogP contribution in [0.2, 0.25) is 0 Å². The van der Waals surface area contributed by atoms with Gasteiger partial charge in [-0.2, -0.15) is 0 Å². The molecule has 21 heavy (non-hydrogen) atoms. The second-order valence-corrected chi connectivity index (χ2v) is 6.17. The molecule has 0 radical (unpaired) electrons. The van der Waals surface area contributed by atoms with Crippen LogP contribution in [0.1, 0.15) is 25.3 Å². The molecule has 1 N–H and O–H groups in total. The van der Waals surface area contributed by atoms with Crippen LogP contribution in [0.4, 0.5) is 13.2 Å². The molecular formula is C14H17BrF3NO2. The number of rotatable bonds is 5. The van der Waals surface area contributed by atoms with Gasteiger partial charge in [0.1, 0.15) is 5.75 Å². The van der Waals surface area contributed by atoms with E-state index in [2.05, 4.69) is 32.9 Å². The van der Waals surface area contributed by atoms with E-state index in [1.165, 1.54) is 6.07 Å². The van der Waals surface area contributed by atoms with Gasteiger partial charge in [0.05, 0.1) is 10.1 Å². The number of nitrogens with one attached hydrogen (secondary N) is 1. The summed E-state index contributed by atoms with van der Waals surface area (Å²) in [4.78, 5) is 0. The molecule has 0 amide bonds. The molecule has 7 heteroatoms. The van der Waals surface area contributed by atoms with Crippen molar-refractivity contribution >= 4 is 15.9 Å². The molecule has 1 aliphatic rings. The maximum atomic E-state index is 12.2. The summed E-state index contributed by atoms with van der Waals surface area (Å²) in [6, 6.07) is 4.53. The van der Waals surface area contributed by atoms with Crippen molar-refractivity contribution in [1.82, 2.24) is 5.32 Å². The van der Waals surface area contributed by atoms with E-state index in [4.69, 9.17) is 4.74 Å². The molecule has 2 rings (SSSR count). The van der Waals surface area contributed by atoms with Crippen LogP contribution in [0.5, 0.6) is 5.75 Å². The van der Waals surface area contributed by atoms with Crippen molar-refractivity contribution in [3.05, 3.63) is 28.2 Å². The minimum absolute atomic E-state index is 0.142. The highest BCUT2D eigenvalue weighted by Crippen LogP contribution is 2.31. The van der Waals surface area contributed by atoms with Crippen molar-refractivity contribution in [2.24, 2.45) is 0 Å². The summed E-state index contributed by atoms with van der Waals surface area (Å²) in [5, 5.41) is 3.27. The fraction of sp³-hybridized carbons (Fsp3) is 0.571. The van der Waals surface area contributed by atoms with Crippen molar-refractivity contribution in [3.63, 3.8) is 0 Å². The van der Waals surface area contributed by atoms with Crippen molar-refractivity contribution < 1.29 is 22.6 Å². The lowest BCUT2D eigenvalue weighted by molar-refractivity contribution is -0.274. The Labute approximate surface area is 129 Å². The average Bonchev–Trinajstić information content (AvgIpc) is 2.78. The van der Waals surface area contributed by atoms with Crippen molar-refractivity contribution in [3.8, 4) is 5.75 Å². The molecule has 0 bridgehead atoms. The topological polar surface area (TPSA) is 30.5 Å². The van der Waals surface area contributed by atoms with Crippen LogP contribution in [-0.2, 0) is 11.3 Å². The molecule has 3 nitrogen and oxygen atoms in total. The third-order valence-electron chi connectivity index (χ3n) is 3.35. The zero-order valence-electron chi connectivity index (χ0n) is 11.6. The molecule has 1 unspecified atom stereocenters. The number of hydrogen-bond donors (Lipinski definition) is 1. The van der Waals surface area contributed by atoms with Crippen molar-refractivity contribution in [2.45, 2.75) is 38.3 Å². The predicted molar refractivity (Wildman–Crippen MR) is 76.1 cm³/mol. The Balaban J connectivity index is 1.88. The predicted octanol–water partition coefficient (Wildman–Crippen LogP) is 4.01. The molecular weight excluding hydrogens is 351 g/mol. The smallest absolute Gasteiger partial charge is 0.405 e. The SMILES string of the molecule is CC1(CNCc2ccc(OC(F)(F)F)c(Br)c2)CCCO1. The second-order valence-electron chi connectivity index (χ2n) is 5.32. The molecule has 1 heterocycles. The number of ether oxygens (including phenoxy) is 2. The highest BCUT2D eigenvalue weighted by molar-refractivity contribution is 9.10. The quantitative estimate of drug-likeness (QED) is 0.852. The van der Waals surface area contributed by atoms with Crippen LogP contribution in [0.15, 0.2) is 22.7 Å². The molecule has 1 fully saturated rings. The third-order valence-corrected chi connectivity index (χ3v) is 3.97. The maximum Gasteiger partial charge on any atom is 0.573 e.